The molecule has 5 nitrogen and oxygen atoms in total. The van der Waals surface area contributed by atoms with Crippen molar-refractivity contribution in [2.24, 2.45) is 4.99 Å². The first-order valence-electron chi connectivity index (χ1n) is 9.77. The lowest BCUT2D eigenvalue weighted by atomic mass is 9.95. The lowest BCUT2D eigenvalue weighted by Crippen LogP contribution is -2.41. The van der Waals surface area contributed by atoms with Crippen LogP contribution in [0, 0.1) is 5.82 Å². The molecule has 146 valence electrons. The second kappa shape index (κ2) is 8.55. The third-order valence-corrected chi connectivity index (χ3v) is 5.53. The summed E-state index contributed by atoms with van der Waals surface area (Å²) >= 11 is 0. The fourth-order valence-corrected chi connectivity index (χ4v) is 3.54. The molecule has 2 N–H and O–H groups in total. The van der Waals surface area contributed by atoms with Gasteiger partial charge < -0.3 is 15.2 Å². The van der Waals surface area contributed by atoms with Crippen LogP contribution in [0.4, 0.5) is 4.39 Å². The first-order chi connectivity index (χ1) is 13.1. The minimum Gasteiger partial charge on any atom is -0.359 e. The molecule has 0 unspecified atom stereocenters. The van der Waals surface area contributed by atoms with Crippen LogP contribution in [0.25, 0.3) is 0 Å². The van der Waals surface area contributed by atoms with Gasteiger partial charge >= 0.3 is 0 Å². The quantitative estimate of drug-likeness (QED) is 0.541. The highest BCUT2D eigenvalue weighted by atomic mass is 19.1. The zero-order valence-corrected chi connectivity index (χ0v) is 16.4. The molecular formula is C21H29FN4O. The number of aromatic nitrogens is 1. The smallest absolute Gasteiger partial charge is 0.191 e. The van der Waals surface area contributed by atoms with E-state index >= 15 is 0 Å². The van der Waals surface area contributed by atoms with Gasteiger partial charge in [-0.15, -0.1) is 0 Å². The van der Waals surface area contributed by atoms with Crippen molar-refractivity contribution in [3.05, 3.63) is 53.2 Å². The average Bonchev–Trinajstić information content (AvgIpc) is 3.33. The van der Waals surface area contributed by atoms with Gasteiger partial charge in [0.2, 0.25) is 0 Å². The van der Waals surface area contributed by atoms with Gasteiger partial charge in [-0.05, 0) is 37.3 Å². The van der Waals surface area contributed by atoms with Gasteiger partial charge in [0, 0.05) is 31.0 Å². The van der Waals surface area contributed by atoms with E-state index in [1.54, 1.807) is 13.1 Å². The number of halogens is 1. The van der Waals surface area contributed by atoms with Crippen molar-refractivity contribution in [3.63, 3.8) is 0 Å². The fourth-order valence-electron chi connectivity index (χ4n) is 3.54. The third-order valence-electron chi connectivity index (χ3n) is 5.53. The Bertz CT molecular complexity index is 778. The van der Waals surface area contributed by atoms with Crippen LogP contribution in [0.2, 0.25) is 0 Å². The monoisotopic (exact) mass is 372 g/mol. The minimum atomic E-state index is -0.129. The highest BCUT2D eigenvalue weighted by molar-refractivity contribution is 5.79. The average molecular weight is 372 g/mol. The predicted molar refractivity (Wildman–Crippen MR) is 105 cm³/mol. The minimum absolute atomic E-state index is 0.127. The zero-order valence-electron chi connectivity index (χ0n) is 16.4. The SMILES string of the molecule is CCC(CC)c1cc(CNC(=NC)NCC2(c3ccccc3F)CC2)on1. The van der Waals surface area contributed by atoms with Gasteiger partial charge in [0.15, 0.2) is 11.7 Å². The highest BCUT2D eigenvalue weighted by Gasteiger charge is 2.45. The van der Waals surface area contributed by atoms with Crippen LogP contribution in [-0.4, -0.2) is 24.7 Å². The molecule has 27 heavy (non-hydrogen) atoms. The van der Waals surface area contributed by atoms with Crippen molar-refractivity contribution in [1.29, 1.82) is 0 Å². The van der Waals surface area contributed by atoms with E-state index in [2.05, 4.69) is 34.6 Å². The van der Waals surface area contributed by atoms with Crippen molar-refractivity contribution < 1.29 is 8.91 Å². The molecule has 0 aliphatic heterocycles. The van der Waals surface area contributed by atoms with Crippen molar-refractivity contribution in [1.82, 2.24) is 15.8 Å². The second-order valence-electron chi connectivity index (χ2n) is 7.27. The summed E-state index contributed by atoms with van der Waals surface area (Å²) in [6, 6.07) is 9.06. The maximum atomic E-state index is 14.1. The van der Waals surface area contributed by atoms with E-state index in [4.69, 9.17) is 4.52 Å². The molecule has 0 bridgehead atoms. The number of benzene rings is 1. The molecule has 1 fully saturated rings. The van der Waals surface area contributed by atoms with Crippen LogP contribution in [0.3, 0.4) is 0 Å². The maximum Gasteiger partial charge on any atom is 0.191 e. The van der Waals surface area contributed by atoms with E-state index in [-0.39, 0.29) is 11.2 Å². The fraction of sp³-hybridized carbons (Fsp3) is 0.524. The molecule has 2 aromatic rings. The van der Waals surface area contributed by atoms with Crippen LogP contribution in [-0.2, 0) is 12.0 Å². The number of nitrogens with zero attached hydrogens (tertiary/aromatic N) is 2. The number of aliphatic imine (C=N–C) groups is 1. The Morgan fingerprint density at radius 1 is 1.26 bits per heavy atom. The van der Waals surface area contributed by atoms with Gasteiger partial charge in [-0.3, -0.25) is 4.99 Å². The summed E-state index contributed by atoms with van der Waals surface area (Å²) in [7, 11) is 1.73. The van der Waals surface area contributed by atoms with E-state index in [1.165, 1.54) is 6.07 Å². The van der Waals surface area contributed by atoms with E-state index < -0.39 is 0 Å². The van der Waals surface area contributed by atoms with Crippen LogP contribution < -0.4 is 10.6 Å². The van der Waals surface area contributed by atoms with Crippen molar-refractivity contribution in [3.8, 4) is 0 Å². The van der Waals surface area contributed by atoms with Gasteiger partial charge in [-0.1, -0.05) is 37.2 Å². The molecule has 1 aromatic carbocycles. The summed E-state index contributed by atoms with van der Waals surface area (Å²) in [6.45, 7) is 5.49. The van der Waals surface area contributed by atoms with Crippen molar-refractivity contribution >= 4 is 5.96 Å². The Morgan fingerprint density at radius 2 is 2.00 bits per heavy atom. The molecule has 1 aliphatic rings. The number of hydrogen-bond donors (Lipinski definition) is 2. The van der Waals surface area contributed by atoms with Gasteiger partial charge in [0.05, 0.1) is 12.2 Å². The van der Waals surface area contributed by atoms with Gasteiger partial charge in [0.25, 0.3) is 0 Å². The summed E-state index contributed by atoms with van der Waals surface area (Å²) in [5.74, 6) is 1.78. The van der Waals surface area contributed by atoms with Crippen molar-refractivity contribution in [2.45, 2.75) is 57.4 Å². The van der Waals surface area contributed by atoms with E-state index in [9.17, 15) is 4.39 Å². The van der Waals surface area contributed by atoms with Crippen LogP contribution >= 0.6 is 0 Å². The van der Waals surface area contributed by atoms with Gasteiger partial charge in [-0.2, -0.15) is 0 Å². The van der Waals surface area contributed by atoms with E-state index in [1.807, 2.05) is 18.2 Å². The molecule has 0 radical (unpaired) electrons. The summed E-state index contributed by atoms with van der Waals surface area (Å²) in [4.78, 5) is 4.26. The molecule has 1 aliphatic carbocycles. The maximum absolute atomic E-state index is 14.1. The highest BCUT2D eigenvalue weighted by Crippen LogP contribution is 2.48. The molecule has 3 rings (SSSR count). The lowest BCUT2D eigenvalue weighted by molar-refractivity contribution is 0.368. The molecule has 6 heteroatoms. The first kappa shape index (κ1) is 19.4. The summed E-state index contributed by atoms with van der Waals surface area (Å²) in [6.07, 6.45) is 4.08. The molecule has 0 atom stereocenters. The number of rotatable bonds is 8. The third kappa shape index (κ3) is 4.49. The molecule has 1 saturated carbocycles. The number of nitrogens with one attached hydrogen (secondary N) is 2. The normalized spacial score (nSPS) is 15.8. The van der Waals surface area contributed by atoms with Crippen molar-refractivity contribution in [2.75, 3.05) is 13.6 Å². The Labute approximate surface area is 160 Å². The van der Waals surface area contributed by atoms with E-state index in [0.717, 1.165) is 42.7 Å². The standard InChI is InChI=1S/C21H29FN4O/c1-4-15(5-2)19-12-16(27-26-19)13-24-20(23-3)25-14-21(10-11-21)17-8-6-7-9-18(17)22/h6-9,12,15H,4-5,10-11,13-14H2,1-3H3,(H2,23,24,25). The molecular weight excluding hydrogens is 343 g/mol. The molecule has 1 heterocycles. The lowest BCUT2D eigenvalue weighted by Gasteiger charge is -2.19. The van der Waals surface area contributed by atoms with Gasteiger partial charge in [0.1, 0.15) is 5.82 Å². The zero-order chi connectivity index (χ0) is 19.3. The second-order valence-corrected chi connectivity index (χ2v) is 7.27. The molecule has 1 aromatic heterocycles. The van der Waals surface area contributed by atoms with Crippen LogP contribution in [0.15, 0.2) is 39.8 Å². The van der Waals surface area contributed by atoms with Crippen LogP contribution in [0.5, 0.6) is 0 Å². The molecule has 0 amide bonds. The number of guanidine groups is 1. The Hall–Kier alpha value is -2.37. The largest absolute Gasteiger partial charge is 0.359 e. The molecule has 0 saturated heterocycles. The molecule has 0 spiro atoms. The summed E-state index contributed by atoms with van der Waals surface area (Å²) in [5, 5.41) is 10.8. The topological polar surface area (TPSA) is 62.5 Å². The predicted octanol–water partition coefficient (Wildman–Crippen LogP) is 4.11. The Morgan fingerprint density at radius 3 is 2.63 bits per heavy atom. The van der Waals surface area contributed by atoms with Crippen LogP contribution in [0.1, 0.15) is 62.5 Å². The Balaban J connectivity index is 1.54. The van der Waals surface area contributed by atoms with E-state index in [0.29, 0.717) is 25.0 Å². The summed E-state index contributed by atoms with van der Waals surface area (Å²) < 4.78 is 19.6. The number of hydrogen-bond acceptors (Lipinski definition) is 3. The first-order valence-corrected chi connectivity index (χ1v) is 9.77. The Kier molecular flexibility index (Phi) is 6.14. The van der Waals surface area contributed by atoms with Gasteiger partial charge in [-0.25, -0.2) is 4.39 Å². The summed E-state index contributed by atoms with van der Waals surface area (Å²) in [5.41, 5.74) is 1.67.